The van der Waals surface area contributed by atoms with Gasteiger partial charge in [0.25, 0.3) is 0 Å². The van der Waals surface area contributed by atoms with Crippen LogP contribution in [0, 0.1) is 5.92 Å². The largest absolute Gasteiger partial charge is 0.390 e. The SMILES string of the molecule is OC1(C2CCCCCCCC2)CCCCCCCC1. The third kappa shape index (κ3) is 5.10. The zero-order valence-electron chi connectivity index (χ0n) is 12.8. The highest BCUT2D eigenvalue weighted by Gasteiger charge is 2.35. The van der Waals surface area contributed by atoms with Gasteiger partial charge in [0.15, 0.2) is 0 Å². The van der Waals surface area contributed by atoms with Crippen molar-refractivity contribution in [2.24, 2.45) is 5.92 Å². The van der Waals surface area contributed by atoms with Crippen molar-refractivity contribution < 1.29 is 5.11 Å². The molecule has 0 aromatic carbocycles. The van der Waals surface area contributed by atoms with E-state index < -0.39 is 0 Å². The Hall–Kier alpha value is -0.0400. The first-order valence-electron chi connectivity index (χ1n) is 9.04. The van der Waals surface area contributed by atoms with Crippen LogP contribution in [0.1, 0.15) is 103 Å². The molecule has 0 radical (unpaired) electrons. The molecule has 0 aromatic heterocycles. The molecule has 0 spiro atoms. The van der Waals surface area contributed by atoms with Gasteiger partial charge in [0.2, 0.25) is 0 Å². The van der Waals surface area contributed by atoms with Gasteiger partial charge in [0, 0.05) is 0 Å². The molecule has 2 rings (SSSR count). The van der Waals surface area contributed by atoms with Gasteiger partial charge in [0.1, 0.15) is 0 Å². The molecule has 19 heavy (non-hydrogen) atoms. The fourth-order valence-electron chi connectivity index (χ4n) is 4.27. The summed E-state index contributed by atoms with van der Waals surface area (Å²) < 4.78 is 0. The summed E-state index contributed by atoms with van der Waals surface area (Å²) in [7, 11) is 0. The Morgan fingerprint density at radius 3 is 1.37 bits per heavy atom. The first-order chi connectivity index (χ1) is 9.31. The first kappa shape index (κ1) is 15.4. The second-order valence-corrected chi connectivity index (χ2v) is 7.12. The van der Waals surface area contributed by atoms with Crippen LogP contribution in [0.15, 0.2) is 0 Å². The topological polar surface area (TPSA) is 20.2 Å². The predicted octanol–water partition coefficient (Wildman–Crippen LogP) is 5.60. The maximum absolute atomic E-state index is 11.2. The van der Waals surface area contributed by atoms with Gasteiger partial charge in [-0.2, -0.15) is 0 Å². The summed E-state index contributed by atoms with van der Waals surface area (Å²) in [6.45, 7) is 0. The fourth-order valence-corrected chi connectivity index (χ4v) is 4.27. The lowest BCUT2D eigenvalue weighted by Gasteiger charge is -2.37. The highest BCUT2D eigenvalue weighted by molar-refractivity contribution is 4.87. The van der Waals surface area contributed by atoms with Crippen LogP contribution in [0.25, 0.3) is 0 Å². The molecular weight excluding hydrogens is 232 g/mol. The van der Waals surface area contributed by atoms with E-state index in [1.54, 1.807) is 0 Å². The minimum atomic E-state index is -0.311. The van der Waals surface area contributed by atoms with E-state index in [9.17, 15) is 5.11 Å². The van der Waals surface area contributed by atoms with Crippen LogP contribution in [-0.2, 0) is 0 Å². The van der Waals surface area contributed by atoms with E-state index in [1.165, 1.54) is 89.9 Å². The summed E-state index contributed by atoms with van der Waals surface area (Å²) in [6.07, 6.45) is 21.1. The number of rotatable bonds is 1. The molecule has 0 heterocycles. The van der Waals surface area contributed by atoms with Gasteiger partial charge in [0.05, 0.1) is 5.60 Å². The monoisotopic (exact) mass is 266 g/mol. The Morgan fingerprint density at radius 1 is 0.526 bits per heavy atom. The van der Waals surface area contributed by atoms with Crippen LogP contribution in [0.2, 0.25) is 0 Å². The van der Waals surface area contributed by atoms with Gasteiger partial charge in [-0.25, -0.2) is 0 Å². The third-order valence-corrected chi connectivity index (χ3v) is 5.58. The average molecular weight is 266 g/mol. The maximum atomic E-state index is 11.2. The lowest BCUT2D eigenvalue weighted by atomic mass is 9.75. The molecule has 2 saturated carbocycles. The minimum Gasteiger partial charge on any atom is -0.390 e. The second-order valence-electron chi connectivity index (χ2n) is 7.12. The van der Waals surface area contributed by atoms with E-state index >= 15 is 0 Å². The van der Waals surface area contributed by atoms with E-state index in [1.807, 2.05) is 0 Å². The predicted molar refractivity (Wildman–Crippen MR) is 82.3 cm³/mol. The molecule has 1 N–H and O–H groups in total. The van der Waals surface area contributed by atoms with Gasteiger partial charge in [-0.05, 0) is 31.6 Å². The van der Waals surface area contributed by atoms with Crippen molar-refractivity contribution in [3.63, 3.8) is 0 Å². The van der Waals surface area contributed by atoms with Crippen LogP contribution >= 0.6 is 0 Å². The summed E-state index contributed by atoms with van der Waals surface area (Å²) in [5.41, 5.74) is -0.311. The van der Waals surface area contributed by atoms with E-state index in [0.29, 0.717) is 5.92 Å². The molecule has 2 fully saturated rings. The van der Waals surface area contributed by atoms with Crippen molar-refractivity contribution in [3.05, 3.63) is 0 Å². The fraction of sp³-hybridized carbons (Fsp3) is 1.00. The quantitative estimate of drug-likeness (QED) is 0.654. The van der Waals surface area contributed by atoms with Gasteiger partial charge in [-0.1, -0.05) is 77.0 Å². The van der Waals surface area contributed by atoms with Crippen LogP contribution in [0.3, 0.4) is 0 Å². The molecule has 0 aliphatic heterocycles. The van der Waals surface area contributed by atoms with Crippen molar-refractivity contribution >= 4 is 0 Å². The highest BCUT2D eigenvalue weighted by atomic mass is 16.3. The van der Waals surface area contributed by atoms with Crippen molar-refractivity contribution in [2.45, 2.75) is 108 Å². The first-order valence-corrected chi connectivity index (χ1v) is 9.04. The molecule has 1 nitrogen and oxygen atoms in total. The standard InChI is InChI=1S/C18H34O/c19-18(15-11-7-3-4-8-12-16-18)17-13-9-5-1-2-6-10-14-17/h17,19H,1-16H2. The normalized spacial score (nSPS) is 28.3. The zero-order valence-corrected chi connectivity index (χ0v) is 12.8. The van der Waals surface area contributed by atoms with Crippen LogP contribution in [0.4, 0.5) is 0 Å². The van der Waals surface area contributed by atoms with Crippen molar-refractivity contribution in [1.82, 2.24) is 0 Å². The van der Waals surface area contributed by atoms with Crippen LogP contribution < -0.4 is 0 Å². The Labute approximate surface area is 120 Å². The number of hydrogen-bond acceptors (Lipinski definition) is 1. The van der Waals surface area contributed by atoms with Crippen molar-refractivity contribution in [3.8, 4) is 0 Å². The molecule has 0 atom stereocenters. The van der Waals surface area contributed by atoms with Gasteiger partial charge < -0.3 is 5.11 Å². The van der Waals surface area contributed by atoms with E-state index in [0.717, 1.165) is 12.8 Å². The lowest BCUT2D eigenvalue weighted by molar-refractivity contribution is -0.0438. The molecule has 1 heteroatoms. The highest BCUT2D eigenvalue weighted by Crippen LogP contribution is 2.38. The molecule has 0 amide bonds. The molecule has 0 unspecified atom stereocenters. The van der Waals surface area contributed by atoms with E-state index in [-0.39, 0.29) is 5.60 Å². The summed E-state index contributed by atoms with van der Waals surface area (Å²) in [5.74, 6) is 0.601. The second kappa shape index (κ2) is 8.29. The molecule has 0 saturated heterocycles. The molecule has 0 aromatic rings. The summed E-state index contributed by atoms with van der Waals surface area (Å²) in [4.78, 5) is 0. The molecule has 2 aliphatic rings. The Balaban J connectivity index is 1.95. The molecule has 112 valence electrons. The average Bonchev–Trinajstić information content (AvgIpc) is 2.61. The third-order valence-electron chi connectivity index (χ3n) is 5.58. The van der Waals surface area contributed by atoms with Gasteiger partial charge in [-0.3, -0.25) is 0 Å². The zero-order chi connectivity index (χ0) is 13.4. The van der Waals surface area contributed by atoms with Crippen molar-refractivity contribution in [1.29, 1.82) is 0 Å². The number of hydrogen-bond donors (Lipinski definition) is 1. The van der Waals surface area contributed by atoms with E-state index in [4.69, 9.17) is 0 Å². The van der Waals surface area contributed by atoms with Gasteiger partial charge in [-0.15, -0.1) is 0 Å². The summed E-state index contributed by atoms with van der Waals surface area (Å²) in [5, 5.41) is 11.2. The van der Waals surface area contributed by atoms with Crippen molar-refractivity contribution in [2.75, 3.05) is 0 Å². The minimum absolute atomic E-state index is 0.311. The lowest BCUT2D eigenvalue weighted by Crippen LogP contribution is -2.38. The Bertz CT molecular complexity index is 216. The van der Waals surface area contributed by atoms with Crippen LogP contribution in [0.5, 0.6) is 0 Å². The molecular formula is C18H34O. The summed E-state index contributed by atoms with van der Waals surface area (Å²) in [6, 6.07) is 0. The Morgan fingerprint density at radius 2 is 0.895 bits per heavy atom. The van der Waals surface area contributed by atoms with Gasteiger partial charge >= 0.3 is 0 Å². The maximum Gasteiger partial charge on any atom is 0.0675 e. The smallest absolute Gasteiger partial charge is 0.0675 e. The van der Waals surface area contributed by atoms with Crippen LogP contribution in [-0.4, -0.2) is 10.7 Å². The molecule has 2 aliphatic carbocycles. The number of aliphatic hydroxyl groups is 1. The summed E-state index contributed by atoms with van der Waals surface area (Å²) >= 11 is 0. The Kier molecular flexibility index (Phi) is 6.70. The van der Waals surface area contributed by atoms with E-state index in [2.05, 4.69) is 0 Å². The molecule has 0 bridgehead atoms.